The first-order valence-electron chi connectivity index (χ1n) is 9.83. The monoisotopic (exact) mass is 359 g/mol. The first-order valence-corrected chi connectivity index (χ1v) is 9.83. The van der Waals surface area contributed by atoms with Crippen molar-refractivity contribution in [3.8, 4) is 0 Å². The molecule has 0 atom stereocenters. The third-order valence-corrected chi connectivity index (χ3v) is 5.43. The van der Waals surface area contributed by atoms with E-state index in [1.54, 1.807) is 12.4 Å². The van der Waals surface area contributed by atoms with E-state index in [2.05, 4.69) is 9.97 Å². The van der Waals surface area contributed by atoms with E-state index in [-0.39, 0.29) is 5.91 Å². The standard InChI is InChI=1S/C23H25N3O/c27-23(22-11-10-20-8-4-5-9-21(20)25-22)26(16-18-6-2-1-3-7-18)17-19-12-14-24-15-13-19/h4-5,8-15,18H,1-3,6-7,16-17H2. The fraction of sp³-hybridized carbons (Fsp3) is 0.348. The molecule has 1 aliphatic carbocycles. The van der Waals surface area contributed by atoms with Gasteiger partial charge in [-0.3, -0.25) is 9.78 Å². The Labute approximate surface area is 160 Å². The summed E-state index contributed by atoms with van der Waals surface area (Å²) in [7, 11) is 0. The molecule has 0 saturated heterocycles. The van der Waals surface area contributed by atoms with E-state index in [4.69, 9.17) is 0 Å². The van der Waals surface area contributed by atoms with Gasteiger partial charge >= 0.3 is 0 Å². The molecule has 4 heteroatoms. The minimum Gasteiger partial charge on any atom is -0.333 e. The number of carbonyl (C=O) groups is 1. The van der Waals surface area contributed by atoms with Crippen LogP contribution in [0.1, 0.15) is 48.2 Å². The lowest BCUT2D eigenvalue weighted by atomic mass is 9.89. The minimum atomic E-state index is 0.0168. The molecule has 1 fully saturated rings. The Morgan fingerprint density at radius 1 is 0.963 bits per heavy atom. The molecule has 1 aromatic carbocycles. The van der Waals surface area contributed by atoms with Crippen molar-refractivity contribution in [1.29, 1.82) is 0 Å². The molecule has 4 rings (SSSR count). The van der Waals surface area contributed by atoms with Gasteiger partial charge in [0.05, 0.1) is 5.52 Å². The molecule has 1 amide bonds. The molecule has 0 bridgehead atoms. The van der Waals surface area contributed by atoms with Gasteiger partial charge < -0.3 is 4.90 Å². The Bertz CT molecular complexity index is 904. The molecule has 0 aliphatic heterocycles. The smallest absolute Gasteiger partial charge is 0.272 e. The van der Waals surface area contributed by atoms with Crippen LogP contribution in [0.25, 0.3) is 10.9 Å². The van der Waals surface area contributed by atoms with Crippen molar-refractivity contribution < 1.29 is 4.79 Å². The summed E-state index contributed by atoms with van der Waals surface area (Å²) in [5, 5.41) is 1.06. The van der Waals surface area contributed by atoms with Crippen molar-refractivity contribution in [2.45, 2.75) is 38.6 Å². The number of rotatable bonds is 5. The normalized spacial score (nSPS) is 15.0. The Morgan fingerprint density at radius 3 is 2.56 bits per heavy atom. The van der Waals surface area contributed by atoms with Gasteiger partial charge in [0, 0.05) is 30.9 Å². The number of aromatic nitrogens is 2. The number of nitrogens with zero attached hydrogens (tertiary/aromatic N) is 3. The number of amides is 1. The fourth-order valence-electron chi connectivity index (χ4n) is 3.96. The largest absolute Gasteiger partial charge is 0.333 e. The van der Waals surface area contributed by atoms with Gasteiger partial charge in [-0.1, -0.05) is 43.5 Å². The van der Waals surface area contributed by atoms with Gasteiger partial charge in [0.2, 0.25) is 0 Å². The lowest BCUT2D eigenvalue weighted by Gasteiger charge is -2.30. The highest BCUT2D eigenvalue weighted by molar-refractivity contribution is 5.94. The predicted molar refractivity (Wildman–Crippen MR) is 107 cm³/mol. The summed E-state index contributed by atoms with van der Waals surface area (Å²) in [5.74, 6) is 0.605. The minimum absolute atomic E-state index is 0.0168. The number of fused-ring (bicyclic) bond motifs is 1. The van der Waals surface area contributed by atoms with Crippen molar-refractivity contribution in [2.75, 3.05) is 6.54 Å². The van der Waals surface area contributed by atoms with Crippen LogP contribution in [0, 0.1) is 5.92 Å². The van der Waals surface area contributed by atoms with Crippen molar-refractivity contribution in [1.82, 2.24) is 14.9 Å². The van der Waals surface area contributed by atoms with Crippen LogP contribution in [-0.2, 0) is 6.54 Å². The molecule has 138 valence electrons. The van der Waals surface area contributed by atoms with Crippen LogP contribution in [0.4, 0.5) is 0 Å². The summed E-state index contributed by atoms with van der Waals surface area (Å²) in [6.45, 7) is 1.40. The second kappa shape index (κ2) is 8.30. The molecule has 4 nitrogen and oxygen atoms in total. The maximum Gasteiger partial charge on any atom is 0.272 e. The van der Waals surface area contributed by atoms with Crippen molar-refractivity contribution in [3.05, 3.63) is 72.2 Å². The zero-order valence-electron chi connectivity index (χ0n) is 15.6. The summed E-state index contributed by atoms with van der Waals surface area (Å²) in [6.07, 6.45) is 9.86. The molecular formula is C23H25N3O. The highest BCUT2D eigenvalue weighted by Gasteiger charge is 2.23. The Balaban J connectivity index is 1.59. The zero-order chi connectivity index (χ0) is 18.5. The Morgan fingerprint density at radius 2 is 1.74 bits per heavy atom. The topological polar surface area (TPSA) is 46.1 Å². The first-order chi connectivity index (χ1) is 13.3. The molecule has 1 aliphatic rings. The molecular weight excluding hydrogens is 334 g/mol. The van der Waals surface area contributed by atoms with Crippen LogP contribution in [0.3, 0.4) is 0 Å². The van der Waals surface area contributed by atoms with Crippen molar-refractivity contribution >= 4 is 16.8 Å². The number of hydrogen-bond donors (Lipinski definition) is 0. The average molecular weight is 359 g/mol. The van der Waals surface area contributed by atoms with Gasteiger partial charge in [0.25, 0.3) is 5.91 Å². The van der Waals surface area contributed by atoms with E-state index in [0.29, 0.717) is 18.2 Å². The molecule has 2 heterocycles. The van der Waals surface area contributed by atoms with E-state index in [0.717, 1.165) is 23.0 Å². The molecule has 0 spiro atoms. The van der Waals surface area contributed by atoms with E-state index >= 15 is 0 Å². The fourth-order valence-corrected chi connectivity index (χ4v) is 3.96. The van der Waals surface area contributed by atoms with E-state index in [1.807, 2.05) is 53.4 Å². The number of benzene rings is 1. The van der Waals surface area contributed by atoms with Crippen LogP contribution in [0.2, 0.25) is 0 Å². The Kier molecular flexibility index (Phi) is 5.42. The SMILES string of the molecule is O=C(c1ccc2ccccc2n1)N(Cc1ccncc1)CC1CCCCC1. The zero-order valence-corrected chi connectivity index (χ0v) is 15.6. The quantitative estimate of drug-likeness (QED) is 0.654. The third kappa shape index (κ3) is 4.33. The van der Waals surface area contributed by atoms with Crippen molar-refractivity contribution in [2.24, 2.45) is 5.92 Å². The number of carbonyl (C=O) groups excluding carboxylic acids is 1. The third-order valence-electron chi connectivity index (χ3n) is 5.43. The number of pyridine rings is 2. The summed E-state index contributed by atoms with van der Waals surface area (Å²) in [5.41, 5.74) is 2.50. The molecule has 3 aromatic rings. The molecule has 0 radical (unpaired) electrons. The molecule has 27 heavy (non-hydrogen) atoms. The van der Waals surface area contributed by atoms with Crippen LogP contribution in [0.15, 0.2) is 60.9 Å². The van der Waals surface area contributed by atoms with E-state index < -0.39 is 0 Å². The maximum atomic E-state index is 13.3. The van der Waals surface area contributed by atoms with Crippen molar-refractivity contribution in [3.63, 3.8) is 0 Å². The molecule has 1 saturated carbocycles. The second-order valence-electron chi connectivity index (χ2n) is 7.43. The lowest BCUT2D eigenvalue weighted by molar-refractivity contribution is 0.0693. The van der Waals surface area contributed by atoms with Gasteiger partial charge in [0.1, 0.15) is 5.69 Å². The highest BCUT2D eigenvalue weighted by Crippen LogP contribution is 2.25. The average Bonchev–Trinajstić information content (AvgIpc) is 2.74. The molecule has 0 unspecified atom stereocenters. The van der Waals surface area contributed by atoms with Crippen LogP contribution in [0.5, 0.6) is 0 Å². The van der Waals surface area contributed by atoms with E-state index in [9.17, 15) is 4.79 Å². The summed E-state index contributed by atoms with van der Waals surface area (Å²) >= 11 is 0. The highest BCUT2D eigenvalue weighted by atomic mass is 16.2. The Hall–Kier alpha value is -2.75. The predicted octanol–water partition coefficient (Wildman–Crippen LogP) is 4.85. The van der Waals surface area contributed by atoms with Gasteiger partial charge in [-0.15, -0.1) is 0 Å². The first kappa shape index (κ1) is 17.7. The van der Waals surface area contributed by atoms with Crippen LogP contribution >= 0.6 is 0 Å². The van der Waals surface area contributed by atoms with Gasteiger partial charge in [-0.05, 0) is 48.6 Å². The summed E-state index contributed by atoms with van der Waals surface area (Å²) in [4.78, 5) is 24.0. The number of para-hydroxylation sites is 1. The van der Waals surface area contributed by atoms with Gasteiger partial charge in [-0.25, -0.2) is 4.98 Å². The van der Waals surface area contributed by atoms with Crippen LogP contribution < -0.4 is 0 Å². The molecule has 2 aromatic heterocycles. The van der Waals surface area contributed by atoms with Gasteiger partial charge in [-0.2, -0.15) is 0 Å². The van der Waals surface area contributed by atoms with Gasteiger partial charge in [0.15, 0.2) is 0 Å². The second-order valence-corrected chi connectivity index (χ2v) is 7.43. The van der Waals surface area contributed by atoms with Crippen LogP contribution in [-0.4, -0.2) is 27.3 Å². The summed E-state index contributed by atoms with van der Waals surface area (Å²) < 4.78 is 0. The molecule has 0 N–H and O–H groups in total. The lowest BCUT2D eigenvalue weighted by Crippen LogP contribution is -2.36. The summed E-state index contributed by atoms with van der Waals surface area (Å²) in [6, 6.07) is 15.7. The maximum absolute atomic E-state index is 13.3. The number of hydrogen-bond acceptors (Lipinski definition) is 3. The van der Waals surface area contributed by atoms with E-state index in [1.165, 1.54) is 32.1 Å².